The molecule has 1 heterocycles. The average molecular weight is 344 g/mol. The molecule has 0 saturated carbocycles. The average Bonchev–Trinajstić information content (AvgIpc) is 2.80. The van der Waals surface area contributed by atoms with Crippen LogP contribution in [0.1, 0.15) is 10.4 Å². The van der Waals surface area contributed by atoms with Crippen molar-refractivity contribution < 1.29 is 9.59 Å². The van der Waals surface area contributed by atoms with E-state index >= 15 is 0 Å². The van der Waals surface area contributed by atoms with Gasteiger partial charge in [0.25, 0.3) is 5.91 Å². The van der Waals surface area contributed by atoms with E-state index in [-0.39, 0.29) is 11.9 Å². The monoisotopic (exact) mass is 343 g/mol. The fraction of sp³-hybridized carbons (Fsp3) is 0.0769. The molecule has 0 unspecified atom stereocenters. The number of hydrogen-bond acceptors (Lipinski definition) is 3. The first-order chi connectivity index (χ1) is 9.99. The van der Waals surface area contributed by atoms with Gasteiger partial charge in [-0.1, -0.05) is 23.2 Å². The van der Waals surface area contributed by atoms with Gasteiger partial charge in [-0.2, -0.15) is 0 Å². The van der Waals surface area contributed by atoms with Crippen molar-refractivity contribution >= 4 is 57.9 Å². The van der Waals surface area contributed by atoms with Gasteiger partial charge in [-0.25, -0.2) is 4.79 Å². The van der Waals surface area contributed by atoms with Crippen LogP contribution in [0.2, 0.25) is 8.67 Å². The quantitative estimate of drug-likeness (QED) is 0.786. The van der Waals surface area contributed by atoms with Crippen LogP contribution in [0.25, 0.3) is 0 Å². The van der Waals surface area contributed by atoms with E-state index in [4.69, 9.17) is 23.2 Å². The van der Waals surface area contributed by atoms with Crippen LogP contribution in [0, 0.1) is 0 Å². The molecule has 0 saturated heterocycles. The Labute approximate surface area is 135 Å². The zero-order chi connectivity index (χ0) is 15.4. The van der Waals surface area contributed by atoms with Gasteiger partial charge in [0.05, 0.1) is 9.90 Å². The van der Waals surface area contributed by atoms with Gasteiger partial charge >= 0.3 is 6.03 Å². The van der Waals surface area contributed by atoms with Crippen LogP contribution in [0.3, 0.4) is 0 Å². The Balaban J connectivity index is 2.05. The highest BCUT2D eigenvalue weighted by molar-refractivity contribution is 7.20. The van der Waals surface area contributed by atoms with Gasteiger partial charge in [-0.15, -0.1) is 11.3 Å². The number of urea groups is 1. The van der Waals surface area contributed by atoms with E-state index in [0.717, 1.165) is 11.3 Å². The smallest absolute Gasteiger partial charge is 0.318 e. The Morgan fingerprint density at radius 1 is 1.05 bits per heavy atom. The normalized spacial score (nSPS) is 10.0. The van der Waals surface area contributed by atoms with Crippen LogP contribution in [-0.2, 0) is 0 Å². The predicted molar refractivity (Wildman–Crippen MR) is 86.8 cm³/mol. The van der Waals surface area contributed by atoms with Crippen molar-refractivity contribution in [2.45, 2.75) is 0 Å². The molecule has 0 radical (unpaired) electrons. The molecule has 0 aliphatic rings. The number of halogens is 2. The summed E-state index contributed by atoms with van der Waals surface area (Å²) in [5.41, 5.74) is 1.53. The summed E-state index contributed by atoms with van der Waals surface area (Å²) in [5, 5.41) is 7.76. The Kier molecular flexibility index (Phi) is 5.06. The second kappa shape index (κ2) is 6.80. The van der Waals surface area contributed by atoms with Crippen LogP contribution >= 0.6 is 34.5 Å². The maximum atomic E-state index is 12.0. The molecule has 2 aromatic rings. The number of anilines is 2. The molecule has 1 aromatic heterocycles. The van der Waals surface area contributed by atoms with Crippen LogP contribution in [0.4, 0.5) is 16.2 Å². The molecule has 0 atom stereocenters. The third-order valence-electron chi connectivity index (χ3n) is 2.53. The fourth-order valence-corrected chi connectivity index (χ4v) is 2.98. The Bertz CT molecular complexity index is 671. The Morgan fingerprint density at radius 2 is 1.62 bits per heavy atom. The lowest BCUT2D eigenvalue weighted by Crippen LogP contribution is -2.24. The second-order valence-corrected chi connectivity index (χ2v) is 6.26. The van der Waals surface area contributed by atoms with Crippen molar-refractivity contribution in [3.8, 4) is 0 Å². The number of hydrogen-bond donors (Lipinski definition) is 3. The predicted octanol–water partition coefficient (Wildman–Crippen LogP) is 4.06. The van der Waals surface area contributed by atoms with Gasteiger partial charge in [0.15, 0.2) is 0 Å². The molecule has 2 rings (SSSR count). The van der Waals surface area contributed by atoms with E-state index < -0.39 is 0 Å². The summed E-state index contributed by atoms with van der Waals surface area (Å²) >= 11 is 12.9. The molecule has 0 fully saturated rings. The van der Waals surface area contributed by atoms with Crippen molar-refractivity contribution in [1.82, 2.24) is 5.32 Å². The van der Waals surface area contributed by atoms with Crippen LogP contribution in [0.15, 0.2) is 30.3 Å². The molecule has 21 heavy (non-hydrogen) atoms. The minimum absolute atomic E-state index is 0.313. The third kappa shape index (κ3) is 4.10. The molecule has 0 spiro atoms. The van der Waals surface area contributed by atoms with Crippen molar-refractivity contribution in [2.24, 2.45) is 0 Å². The van der Waals surface area contributed by atoms with Crippen molar-refractivity contribution in [3.63, 3.8) is 0 Å². The highest BCUT2D eigenvalue weighted by atomic mass is 35.5. The molecule has 3 amide bonds. The lowest BCUT2D eigenvalue weighted by Gasteiger charge is -2.07. The zero-order valence-electron chi connectivity index (χ0n) is 10.9. The zero-order valence-corrected chi connectivity index (χ0v) is 13.2. The number of carbonyl (C=O) groups is 2. The van der Waals surface area contributed by atoms with Gasteiger partial charge in [0.1, 0.15) is 4.34 Å². The summed E-state index contributed by atoms with van der Waals surface area (Å²) in [6.45, 7) is 0. The summed E-state index contributed by atoms with van der Waals surface area (Å²) in [6.07, 6.45) is 0. The first-order valence-electron chi connectivity index (χ1n) is 5.84. The van der Waals surface area contributed by atoms with Crippen LogP contribution in [-0.4, -0.2) is 19.0 Å². The Hall–Kier alpha value is -1.76. The van der Waals surface area contributed by atoms with E-state index in [9.17, 15) is 9.59 Å². The molecule has 0 aliphatic heterocycles. The highest BCUT2D eigenvalue weighted by Gasteiger charge is 2.14. The van der Waals surface area contributed by atoms with E-state index in [1.807, 2.05) is 0 Å². The molecular weight excluding hydrogens is 333 g/mol. The molecule has 0 aliphatic carbocycles. The number of benzene rings is 1. The molecule has 8 heteroatoms. The first-order valence-corrected chi connectivity index (χ1v) is 7.42. The standard InChI is InChI=1S/C13H11Cl2N3O2S/c1-16-13(20)18-8-4-2-7(3-5-8)17-12(19)9-6-10(14)21-11(9)15/h2-6H,1H3,(H,17,19)(H2,16,18,20). The van der Waals surface area contributed by atoms with Crippen molar-refractivity contribution in [3.05, 3.63) is 44.6 Å². The first kappa shape index (κ1) is 15.6. The van der Waals surface area contributed by atoms with E-state index in [2.05, 4.69) is 16.0 Å². The highest BCUT2D eigenvalue weighted by Crippen LogP contribution is 2.31. The van der Waals surface area contributed by atoms with Gasteiger partial charge in [-0.3, -0.25) is 4.79 Å². The molecule has 5 nitrogen and oxygen atoms in total. The van der Waals surface area contributed by atoms with Gasteiger partial charge in [0.2, 0.25) is 0 Å². The van der Waals surface area contributed by atoms with Gasteiger partial charge < -0.3 is 16.0 Å². The van der Waals surface area contributed by atoms with E-state index in [1.165, 1.54) is 13.1 Å². The summed E-state index contributed by atoms with van der Waals surface area (Å²) < 4.78 is 0.797. The Morgan fingerprint density at radius 3 is 2.10 bits per heavy atom. The van der Waals surface area contributed by atoms with Gasteiger partial charge in [0, 0.05) is 18.4 Å². The summed E-state index contributed by atoms with van der Waals surface area (Å²) in [5.74, 6) is -0.338. The number of carbonyl (C=O) groups excluding carboxylic acids is 2. The van der Waals surface area contributed by atoms with Gasteiger partial charge in [-0.05, 0) is 30.3 Å². The lowest BCUT2D eigenvalue weighted by atomic mass is 10.2. The maximum Gasteiger partial charge on any atom is 0.318 e. The summed E-state index contributed by atoms with van der Waals surface area (Å²) in [6, 6.07) is 7.90. The number of rotatable bonds is 3. The second-order valence-electron chi connectivity index (χ2n) is 3.97. The van der Waals surface area contributed by atoms with E-state index in [1.54, 1.807) is 24.3 Å². The topological polar surface area (TPSA) is 70.2 Å². The minimum atomic E-state index is -0.338. The van der Waals surface area contributed by atoms with Crippen molar-refractivity contribution in [2.75, 3.05) is 17.7 Å². The van der Waals surface area contributed by atoms with Crippen LogP contribution in [0.5, 0.6) is 0 Å². The molecule has 1 aromatic carbocycles. The lowest BCUT2D eigenvalue weighted by molar-refractivity contribution is 0.102. The molecule has 110 valence electrons. The maximum absolute atomic E-state index is 12.0. The summed E-state index contributed by atoms with van der Waals surface area (Å²) in [4.78, 5) is 23.2. The minimum Gasteiger partial charge on any atom is -0.341 e. The number of amides is 3. The number of nitrogens with one attached hydrogen (secondary N) is 3. The van der Waals surface area contributed by atoms with E-state index in [0.29, 0.717) is 25.6 Å². The summed E-state index contributed by atoms with van der Waals surface area (Å²) in [7, 11) is 1.53. The molecular formula is C13H11Cl2N3O2S. The number of thiophene rings is 1. The fourth-order valence-electron chi connectivity index (χ4n) is 1.52. The largest absolute Gasteiger partial charge is 0.341 e. The molecule has 3 N–H and O–H groups in total. The van der Waals surface area contributed by atoms with Crippen LogP contribution < -0.4 is 16.0 Å². The SMILES string of the molecule is CNC(=O)Nc1ccc(NC(=O)c2cc(Cl)sc2Cl)cc1. The van der Waals surface area contributed by atoms with Crippen molar-refractivity contribution in [1.29, 1.82) is 0 Å². The third-order valence-corrected chi connectivity index (χ3v) is 4.02. The molecule has 0 bridgehead atoms.